The van der Waals surface area contributed by atoms with E-state index in [1.807, 2.05) is 6.07 Å². The van der Waals surface area contributed by atoms with Crippen LogP contribution in [0, 0.1) is 0 Å². The Morgan fingerprint density at radius 2 is 2.10 bits per heavy atom. The van der Waals surface area contributed by atoms with Crippen LogP contribution < -0.4 is 10.1 Å². The first-order chi connectivity index (χ1) is 10.1. The van der Waals surface area contributed by atoms with Crippen LogP contribution in [0.15, 0.2) is 36.5 Å². The van der Waals surface area contributed by atoms with Gasteiger partial charge in [0.05, 0.1) is 37.0 Å². The van der Waals surface area contributed by atoms with Crippen molar-refractivity contribution in [3.05, 3.63) is 52.8 Å². The summed E-state index contributed by atoms with van der Waals surface area (Å²) in [5.74, 6) is 0.228. The summed E-state index contributed by atoms with van der Waals surface area (Å²) in [6, 6.07) is 8.89. The van der Waals surface area contributed by atoms with Gasteiger partial charge in [-0.1, -0.05) is 11.6 Å². The number of ether oxygens (including phenoxy) is 2. The molecule has 0 atom stereocenters. The molecular weight excluding hydrogens is 292 g/mol. The van der Waals surface area contributed by atoms with E-state index < -0.39 is 5.97 Å². The molecular formula is C15H15ClN2O3. The number of rotatable bonds is 5. The Labute approximate surface area is 127 Å². The summed E-state index contributed by atoms with van der Waals surface area (Å²) in [5.41, 5.74) is 2.09. The number of nitrogens with zero attached hydrogens (tertiary/aromatic N) is 1. The van der Waals surface area contributed by atoms with E-state index in [4.69, 9.17) is 16.3 Å². The van der Waals surface area contributed by atoms with Crippen molar-refractivity contribution in [2.75, 3.05) is 19.5 Å². The number of halogens is 1. The van der Waals surface area contributed by atoms with Gasteiger partial charge >= 0.3 is 5.97 Å². The van der Waals surface area contributed by atoms with Gasteiger partial charge in [0.15, 0.2) is 0 Å². The molecule has 0 radical (unpaired) electrons. The average molecular weight is 307 g/mol. The highest BCUT2D eigenvalue weighted by Crippen LogP contribution is 2.27. The van der Waals surface area contributed by atoms with Crippen molar-refractivity contribution >= 4 is 23.3 Å². The maximum absolute atomic E-state index is 11.3. The van der Waals surface area contributed by atoms with Crippen LogP contribution in [0.1, 0.15) is 16.1 Å². The molecule has 110 valence electrons. The minimum Gasteiger partial charge on any atom is -0.495 e. The molecule has 0 aliphatic carbocycles. The van der Waals surface area contributed by atoms with Crippen molar-refractivity contribution in [3.8, 4) is 5.75 Å². The Bertz CT molecular complexity index is 629. The van der Waals surface area contributed by atoms with Crippen molar-refractivity contribution in [1.82, 2.24) is 4.98 Å². The zero-order valence-electron chi connectivity index (χ0n) is 11.7. The van der Waals surface area contributed by atoms with Gasteiger partial charge in [0.25, 0.3) is 0 Å². The number of aromatic nitrogens is 1. The Kier molecular flexibility index (Phi) is 5.00. The predicted molar refractivity (Wildman–Crippen MR) is 80.9 cm³/mol. The number of carbonyl (C=O) groups excluding carboxylic acids is 1. The molecule has 1 N–H and O–H groups in total. The predicted octanol–water partition coefficient (Wildman–Crippen LogP) is 3.14. The lowest BCUT2D eigenvalue weighted by molar-refractivity contribution is 0.0600. The number of anilines is 1. The molecule has 5 nitrogen and oxygen atoms in total. The summed E-state index contributed by atoms with van der Waals surface area (Å²) in [6.07, 6.45) is 1.49. The number of nitrogens with one attached hydrogen (secondary N) is 1. The summed E-state index contributed by atoms with van der Waals surface area (Å²) < 4.78 is 9.71. The molecule has 2 rings (SSSR count). The van der Waals surface area contributed by atoms with E-state index >= 15 is 0 Å². The number of methoxy groups -OCH3 is 2. The van der Waals surface area contributed by atoms with Gasteiger partial charge in [0, 0.05) is 11.9 Å². The number of esters is 1. The summed E-state index contributed by atoms with van der Waals surface area (Å²) >= 11 is 6.05. The normalized spacial score (nSPS) is 10.0. The SMILES string of the molecule is COC(=O)c1ccc(CNc2ccc(OC)c(Cl)c2)nc1. The van der Waals surface area contributed by atoms with Crippen molar-refractivity contribution in [1.29, 1.82) is 0 Å². The minimum absolute atomic E-state index is 0.399. The van der Waals surface area contributed by atoms with Crippen molar-refractivity contribution in [3.63, 3.8) is 0 Å². The zero-order chi connectivity index (χ0) is 15.2. The highest BCUT2D eigenvalue weighted by atomic mass is 35.5. The second-order valence-electron chi connectivity index (χ2n) is 4.23. The summed E-state index contributed by atoms with van der Waals surface area (Å²) in [7, 11) is 2.91. The summed E-state index contributed by atoms with van der Waals surface area (Å²) in [6.45, 7) is 0.518. The number of benzene rings is 1. The molecule has 0 bridgehead atoms. The van der Waals surface area contributed by atoms with Crippen LogP contribution in [-0.4, -0.2) is 25.2 Å². The Hall–Kier alpha value is -2.27. The number of hydrogen-bond donors (Lipinski definition) is 1. The Balaban J connectivity index is 1.99. The van der Waals surface area contributed by atoms with E-state index in [1.54, 1.807) is 31.4 Å². The largest absolute Gasteiger partial charge is 0.495 e. The van der Waals surface area contributed by atoms with Crippen molar-refractivity contribution in [2.24, 2.45) is 0 Å². The van der Waals surface area contributed by atoms with Gasteiger partial charge in [0.2, 0.25) is 0 Å². The van der Waals surface area contributed by atoms with Gasteiger partial charge < -0.3 is 14.8 Å². The van der Waals surface area contributed by atoms with Crippen LogP contribution in [0.4, 0.5) is 5.69 Å². The van der Waals surface area contributed by atoms with E-state index in [0.717, 1.165) is 11.4 Å². The van der Waals surface area contributed by atoms with Crippen molar-refractivity contribution in [2.45, 2.75) is 6.54 Å². The highest BCUT2D eigenvalue weighted by molar-refractivity contribution is 6.32. The molecule has 1 heterocycles. The molecule has 1 aromatic heterocycles. The quantitative estimate of drug-likeness (QED) is 0.860. The fraction of sp³-hybridized carbons (Fsp3) is 0.200. The van der Waals surface area contributed by atoms with E-state index in [0.29, 0.717) is 22.9 Å². The van der Waals surface area contributed by atoms with Crippen LogP contribution in [-0.2, 0) is 11.3 Å². The topological polar surface area (TPSA) is 60.5 Å². The third kappa shape index (κ3) is 3.86. The standard InChI is InChI=1S/C15H15ClN2O3/c1-20-14-6-5-11(7-13(14)16)18-9-12-4-3-10(8-17-12)15(19)21-2/h3-8,18H,9H2,1-2H3. The molecule has 0 saturated heterocycles. The molecule has 1 aromatic carbocycles. The number of carbonyl (C=O) groups is 1. The summed E-state index contributed by atoms with van der Waals surface area (Å²) in [4.78, 5) is 15.5. The van der Waals surface area contributed by atoms with E-state index in [9.17, 15) is 4.79 Å². The number of pyridine rings is 1. The van der Waals surface area contributed by atoms with Crippen LogP contribution in [0.2, 0.25) is 5.02 Å². The molecule has 0 amide bonds. The third-order valence-electron chi connectivity index (χ3n) is 2.87. The van der Waals surface area contributed by atoms with Gasteiger partial charge in [-0.15, -0.1) is 0 Å². The second kappa shape index (κ2) is 6.95. The molecule has 0 aliphatic heterocycles. The van der Waals surface area contributed by atoms with E-state index in [1.165, 1.54) is 13.3 Å². The second-order valence-corrected chi connectivity index (χ2v) is 4.64. The van der Waals surface area contributed by atoms with Gasteiger partial charge in [-0.05, 0) is 30.3 Å². The third-order valence-corrected chi connectivity index (χ3v) is 3.17. The molecule has 0 fully saturated rings. The van der Waals surface area contributed by atoms with Crippen LogP contribution in [0.5, 0.6) is 5.75 Å². The average Bonchev–Trinajstić information content (AvgIpc) is 2.52. The first kappa shape index (κ1) is 15.1. The molecule has 0 spiro atoms. The van der Waals surface area contributed by atoms with E-state index in [2.05, 4.69) is 15.0 Å². The van der Waals surface area contributed by atoms with Crippen LogP contribution >= 0.6 is 11.6 Å². The Morgan fingerprint density at radius 3 is 2.67 bits per heavy atom. The molecule has 0 aliphatic rings. The zero-order valence-corrected chi connectivity index (χ0v) is 12.5. The van der Waals surface area contributed by atoms with Gasteiger partial charge in [0.1, 0.15) is 5.75 Å². The minimum atomic E-state index is -0.399. The fourth-order valence-corrected chi connectivity index (χ4v) is 1.99. The molecule has 0 saturated carbocycles. The van der Waals surface area contributed by atoms with Crippen molar-refractivity contribution < 1.29 is 14.3 Å². The lowest BCUT2D eigenvalue weighted by Gasteiger charge is -2.09. The molecule has 0 unspecified atom stereocenters. The van der Waals surface area contributed by atoms with Crippen LogP contribution in [0.3, 0.4) is 0 Å². The lowest BCUT2D eigenvalue weighted by Crippen LogP contribution is -2.05. The fourth-order valence-electron chi connectivity index (χ4n) is 1.74. The molecule has 21 heavy (non-hydrogen) atoms. The maximum atomic E-state index is 11.3. The van der Waals surface area contributed by atoms with E-state index in [-0.39, 0.29) is 0 Å². The maximum Gasteiger partial charge on any atom is 0.339 e. The van der Waals surface area contributed by atoms with Crippen LogP contribution in [0.25, 0.3) is 0 Å². The smallest absolute Gasteiger partial charge is 0.339 e. The van der Waals surface area contributed by atoms with Gasteiger partial charge in [-0.3, -0.25) is 4.98 Å². The number of hydrogen-bond acceptors (Lipinski definition) is 5. The first-order valence-electron chi connectivity index (χ1n) is 6.24. The first-order valence-corrected chi connectivity index (χ1v) is 6.62. The monoisotopic (exact) mass is 306 g/mol. The summed E-state index contributed by atoms with van der Waals surface area (Å²) in [5, 5.41) is 3.74. The molecule has 6 heteroatoms. The van der Waals surface area contributed by atoms with Gasteiger partial charge in [-0.25, -0.2) is 4.79 Å². The molecule has 2 aromatic rings. The Morgan fingerprint density at radius 1 is 1.29 bits per heavy atom. The van der Waals surface area contributed by atoms with Gasteiger partial charge in [-0.2, -0.15) is 0 Å². The lowest BCUT2D eigenvalue weighted by atomic mass is 10.2. The highest BCUT2D eigenvalue weighted by Gasteiger charge is 2.06.